The molecule has 2 nitrogen and oxygen atoms in total. The molecule has 3 atom stereocenters. The van der Waals surface area contributed by atoms with E-state index in [1.54, 1.807) is 0 Å². The fourth-order valence-corrected chi connectivity index (χ4v) is 4.50. The largest absolute Gasteiger partial charge is 0.481 e. The van der Waals surface area contributed by atoms with Gasteiger partial charge in [-0.05, 0) is 37.4 Å². The van der Waals surface area contributed by atoms with E-state index in [9.17, 15) is 9.90 Å². The molecule has 0 aliphatic heterocycles. The highest BCUT2D eigenvalue weighted by atomic mass is 32.2. The third-order valence-electron chi connectivity index (χ3n) is 3.99. The molecule has 106 valence electrons. The number of thioether (sulfide) groups is 1. The van der Waals surface area contributed by atoms with Crippen molar-refractivity contribution in [1.29, 1.82) is 0 Å². The van der Waals surface area contributed by atoms with E-state index in [2.05, 4.69) is 13.8 Å². The first-order valence-electron chi connectivity index (χ1n) is 7.53. The molecule has 0 spiro atoms. The van der Waals surface area contributed by atoms with E-state index in [1.807, 2.05) is 11.8 Å². The van der Waals surface area contributed by atoms with Crippen LogP contribution in [0.25, 0.3) is 0 Å². The number of carboxylic acid groups (broad SMARTS) is 1. The molecule has 0 radical (unpaired) electrons. The summed E-state index contributed by atoms with van der Waals surface area (Å²) < 4.78 is 0. The maximum atomic E-state index is 11.3. The average molecular weight is 272 g/mol. The number of aliphatic carboxylic acids is 1. The molecule has 0 amide bonds. The number of carbonyl (C=O) groups is 1. The highest BCUT2D eigenvalue weighted by Crippen LogP contribution is 2.38. The van der Waals surface area contributed by atoms with Crippen LogP contribution in [-0.4, -0.2) is 22.1 Å². The van der Waals surface area contributed by atoms with Crippen molar-refractivity contribution in [3.05, 3.63) is 0 Å². The number of hydrogen-bond donors (Lipinski definition) is 1. The molecule has 0 heterocycles. The minimum atomic E-state index is -0.571. The summed E-state index contributed by atoms with van der Waals surface area (Å²) in [5.41, 5.74) is 0. The molecule has 1 saturated carbocycles. The lowest BCUT2D eigenvalue weighted by Gasteiger charge is -2.33. The SMILES string of the molecule is CCCCCSC1CC(CCC)CCC1C(=O)O. The summed E-state index contributed by atoms with van der Waals surface area (Å²) in [6.07, 6.45) is 9.40. The van der Waals surface area contributed by atoms with Gasteiger partial charge in [-0.15, -0.1) is 0 Å². The van der Waals surface area contributed by atoms with Crippen LogP contribution in [0.3, 0.4) is 0 Å². The van der Waals surface area contributed by atoms with Crippen molar-refractivity contribution < 1.29 is 9.90 Å². The van der Waals surface area contributed by atoms with Gasteiger partial charge in [0, 0.05) is 5.25 Å². The Balaban J connectivity index is 2.41. The van der Waals surface area contributed by atoms with Gasteiger partial charge < -0.3 is 5.11 Å². The first-order valence-corrected chi connectivity index (χ1v) is 8.58. The van der Waals surface area contributed by atoms with Gasteiger partial charge in [0.05, 0.1) is 5.92 Å². The maximum Gasteiger partial charge on any atom is 0.307 e. The number of unbranched alkanes of at least 4 members (excludes halogenated alkanes) is 2. The van der Waals surface area contributed by atoms with Crippen LogP contribution in [0, 0.1) is 11.8 Å². The van der Waals surface area contributed by atoms with Gasteiger partial charge in [0.15, 0.2) is 0 Å². The molecule has 0 saturated heterocycles. The Kier molecular flexibility index (Phi) is 7.80. The van der Waals surface area contributed by atoms with Crippen LogP contribution in [0.1, 0.15) is 65.2 Å². The Morgan fingerprint density at radius 3 is 2.61 bits per heavy atom. The predicted molar refractivity (Wildman–Crippen MR) is 79.1 cm³/mol. The highest BCUT2D eigenvalue weighted by Gasteiger charge is 2.34. The smallest absolute Gasteiger partial charge is 0.307 e. The summed E-state index contributed by atoms with van der Waals surface area (Å²) >= 11 is 1.92. The molecule has 0 aromatic carbocycles. The van der Waals surface area contributed by atoms with E-state index in [1.165, 1.54) is 32.1 Å². The van der Waals surface area contributed by atoms with Crippen LogP contribution >= 0.6 is 11.8 Å². The van der Waals surface area contributed by atoms with Crippen LogP contribution in [0.5, 0.6) is 0 Å². The van der Waals surface area contributed by atoms with Crippen LogP contribution in [-0.2, 0) is 4.79 Å². The van der Waals surface area contributed by atoms with Crippen LogP contribution in [0.15, 0.2) is 0 Å². The Morgan fingerprint density at radius 1 is 1.22 bits per heavy atom. The van der Waals surface area contributed by atoms with Crippen molar-refractivity contribution >= 4 is 17.7 Å². The zero-order valence-electron chi connectivity index (χ0n) is 11.9. The normalized spacial score (nSPS) is 28.2. The van der Waals surface area contributed by atoms with Crippen molar-refractivity contribution in [2.45, 2.75) is 70.5 Å². The van der Waals surface area contributed by atoms with E-state index in [0.29, 0.717) is 5.25 Å². The second-order valence-corrected chi connectivity index (χ2v) is 6.88. The van der Waals surface area contributed by atoms with Crippen molar-refractivity contribution in [3.8, 4) is 0 Å². The molecule has 1 aliphatic carbocycles. The standard InChI is InChI=1S/C15H28O2S/c1-3-5-6-10-18-14-11-12(7-4-2)8-9-13(14)15(16)17/h12-14H,3-11H2,1-2H3,(H,16,17). The molecule has 1 aliphatic rings. The van der Waals surface area contributed by atoms with Crippen molar-refractivity contribution in [3.63, 3.8) is 0 Å². The zero-order chi connectivity index (χ0) is 13.4. The van der Waals surface area contributed by atoms with Crippen molar-refractivity contribution in [1.82, 2.24) is 0 Å². The fourth-order valence-electron chi connectivity index (χ4n) is 2.94. The number of hydrogen-bond acceptors (Lipinski definition) is 2. The third-order valence-corrected chi connectivity index (χ3v) is 5.47. The lowest BCUT2D eigenvalue weighted by Crippen LogP contribution is -2.33. The van der Waals surface area contributed by atoms with Gasteiger partial charge in [0.1, 0.15) is 0 Å². The summed E-state index contributed by atoms with van der Waals surface area (Å²) in [5, 5.41) is 9.68. The molecular weight excluding hydrogens is 244 g/mol. The number of carboxylic acids is 1. The van der Waals surface area contributed by atoms with E-state index >= 15 is 0 Å². The number of rotatable bonds is 8. The Morgan fingerprint density at radius 2 is 2.00 bits per heavy atom. The first-order chi connectivity index (χ1) is 8.69. The van der Waals surface area contributed by atoms with Crippen LogP contribution < -0.4 is 0 Å². The monoisotopic (exact) mass is 272 g/mol. The molecule has 3 heteroatoms. The summed E-state index contributed by atoms with van der Waals surface area (Å²) in [4.78, 5) is 11.3. The molecule has 3 unspecified atom stereocenters. The Bertz CT molecular complexity index is 243. The fraction of sp³-hybridized carbons (Fsp3) is 0.933. The molecule has 1 rings (SSSR count). The molecule has 1 N–H and O–H groups in total. The molecule has 1 fully saturated rings. The minimum Gasteiger partial charge on any atom is -0.481 e. The van der Waals surface area contributed by atoms with Gasteiger partial charge in [-0.3, -0.25) is 4.79 Å². The lowest BCUT2D eigenvalue weighted by atomic mass is 9.80. The Labute approximate surface area is 116 Å². The second kappa shape index (κ2) is 8.84. The van der Waals surface area contributed by atoms with E-state index in [-0.39, 0.29) is 5.92 Å². The first kappa shape index (κ1) is 15.9. The molecule has 0 aromatic heterocycles. The quantitative estimate of drug-likeness (QED) is 0.657. The molecular formula is C15H28O2S. The van der Waals surface area contributed by atoms with Crippen molar-refractivity contribution in [2.75, 3.05) is 5.75 Å². The summed E-state index contributed by atoms with van der Waals surface area (Å²) in [7, 11) is 0. The third kappa shape index (κ3) is 5.21. The zero-order valence-corrected chi connectivity index (χ0v) is 12.7. The van der Waals surface area contributed by atoms with Gasteiger partial charge in [0.2, 0.25) is 0 Å². The van der Waals surface area contributed by atoms with E-state index < -0.39 is 5.97 Å². The highest BCUT2D eigenvalue weighted by molar-refractivity contribution is 7.99. The summed E-state index contributed by atoms with van der Waals surface area (Å²) in [6.45, 7) is 4.44. The molecule has 18 heavy (non-hydrogen) atoms. The van der Waals surface area contributed by atoms with Gasteiger partial charge in [-0.25, -0.2) is 0 Å². The lowest BCUT2D eigenvalue weighted by molar-refractivity contribution is -0.142. The van der Waals surface area contributed by atoms with Gasteiger partial charge in [-0.2, -0.15) is 11.8 Å². The van der Waals surface area contributed by atoms with Crippen LogP contribution in [0.2, 0.25) is 0 Å². The maximum absolute atomic E-state index is 11.3. The molecule has 0 aromatic rings. The van der Waals surface area contributed by atoms with E-state index in [0.717, 1.165) is 30.9 Å². The average Bonchev–Trinajstić information content (AvgIpc) is 2.35. The second-order valence-electron chi connectivity index (χ2n) is 5.53. The van der Waals surface area contributed by atoms with Crippen LogP contribution in [0.4, 0.5) is 0 Å². The molecule has 0 bridgehead atoms. The van der Waals surface area contributed by atoms with Crippen molar-refractivity contribution in [2.24, 2.45) is 11.8 Å². The van der Waals surface area contributed by atoms with Gasteiger partial charge in [-0.1, -0.05) is 39.5 Å². The predicted octanol–water partition coefficient (Wildman–Crippen LogP) is 4.58. The minimum absolute atomic E-state index is 0.0928. The topological polar surface area (TPSA) is 37.3 Å². The summed E-state index contributed by atoms with van der Waals surface area (Å²) in [5.74, 6) is 1.25. The Hall–Kier alpha value is -0.180. The summed E-state index contributed by atoms with van der Waals surface area (Å²) in [6, 6.07) is 0. The van der Waals surface area contributed by atoms with Gasteiger partial charge in [0.25, 0.3) is 0 Å². The van der Waals surface area contributed by atoms with E-state index in [4.69, 9.17) is 0 Å². The van der Waals surface area contributed by atoms with Gasteiger partial charge >= 0.3 is 5.97 Å².